The summed E-state index contributed by atoms with van der Waals surface area (Å²) in [6, 6.07) is 20.6. The molecule has 18 heteroatoms. The summed E-state index contributed by atoms with van der Waals surface area (Å²) in [5.41, 5.74) is 9.13. The van der Waals surface area contributed by atoms with Crippen molar-refractivity contribution in [3.63, 3.8) is 0 Å². The highest BCUT2D eigenvalue weighted by Gasteiger charge is 2.28. The first-order chi connectivity index (χ1) is 26.2. The molecule has 0 spiro atoms. The first-order valence-electron chi connectivity index (χ1n) is 17.2. The Bertz CT molecular complexity index is 2700. The molecule has 0 saturated heterocycles. The summed E-state index contributed by atoms with van der Waals surface area (Å²) < 4.78 is 123. The average Bonchev–Trinajstić information content (AvgIpc) is 3.08. The van der Waals surface area contributed by atoms with E-state index in [0.717, 1.165) is 40.8 Å². The normalized spacial score (nSPS) is 12.4. The van der Waals surface area contributed by atoms with E-state index in [1.807, 2.05) is 26.0 Å². The van der Waals surface area contributed by atoms with Crippen molar-refractivity contribution >= 4 is 74.4 Å². The van der Waals surface area contributed by atoms with Gasteiger partial charge in [-0.1, -0.05) is 42.5 Å². The third-order valence-electron chi connectivity index (χ3n) is 9.42. The second kappa shape index (κ2) is 15.8. The molecule has 0 aliphatic heterocycles. The Hall–Kier alpha value is -4.98. The van der Waals surface area contributed by atoms with Crippen LogP contribution >= 0.6 is 0 Å². The van der Waals surface area contributed by atoms with Crippen LogP contribution in [-0.4, -0.2) is 55.3 Å². The van der Waals surface area contributed by atoms with Crippen LogP contribution in [0.5, 0.6) is 0 Å². The van der Waals surface area contributed by atoms with Gasteiger partial charge in [-0.15, -0.1) is 0 Å². The van der Waals surface area contributed by atoms with E-state index in [1.165, 1.54) is 6.07 Å². The second-order valence-corrected chi connectivity index (χ2v) is 20.4. The molecule has 6 N–H and O–H groups in total. The minimum absolute atomic E-state index is 0.0229. The van der Waals surface area contributed by atoms with Crippen molar-refractivity contribution in [3.8, 4) is 0 Å². The molecule has 5 rings (SSSR count). The molecular weight excluding hydrogens is 813 g/mol. The molecule has 0 saturated carbocycles. The molecule has 57 heavy (non-hydrogen) atoms. The Morgan fingerprint density at radius 2 is 0.842 bits per heavy atom. The molecule has 0 aliphatic rings. The van der Waals surface area contributed by atoms with Crippen molar-refractivity contribution in [1.29, 1.82) is 0 Å². The molecule has 304 valence electrons. The van der Waals surface area contributed by atoms with Gasteiger partial charge in [0, 0.05) is 28.7 Å². The standard InChI is InChI=1S/C39H44N4O10S4/c1-22-19-24(3)38(42-54(7,44)45)26(5)36(22)40-30-13-9-28(10-14-30)35(33-18-17-32(56(48,49)50)21-34(33)57(51,52)53)29-11-15-31(16-12-29)41-37-23(2)20-25(4)39(27(37)6)43-55(8,46)47/h9-21,35,40-43H,1-8H3,(H,48,49,50)(H,51,52,53). The van der Waals surface area contributed by atoms with E-state index >= 15 is 0 Å². The Morgan fingerprint density at radius 1 is 0.474 bits per heavy atom. The first-order valence-corrected chi connectivity index (χ1v) is 23.9. The van der Waals surface area contributed by atoms with Gasteiger partial charge >= 0.3 is 0 Å². The molecule has 0 fully saturated rings. The van der Waals surface area contributed by atoms with E-state index in [4.69, 9.17) is 0 Å². The van der Waals surface area contributed by atoms with Gasteiger partial charge in [-0.25, -0.2) is 16.8 Å². The van der Waals surface area contributed by atoms with Crippen molar-refractivity contribution in [2.75, 3.05) is 32.6 Å². The smallest absolute Gasteiger partial charge is 0.294 e. The largest absolute Gasteiger partial charge is 0.355 e. The van der Waals surface area contributed by atoms with Crippen LogP contribution in [0.25, 0.3) is 0 Å². The Labute approximate surface area is 334 Å². The monoisotopic (exact) mass is 856 g/mol. The van der Waals surface area contributed by atoms with E-state index in [9.17, 15) is 42.8 Å². The molecule has 0 heterocycles. The van der Waals surface area contributed by atoms with Crippen molar-refractivity contribution in [2.45, 2.75) is 57.3 Å². The van der Waals surface area contributed by atoms with Crippen molar-refractivity contribution < 1.29 is 42.8 Å². The van der Waals surface area contributed by atoms with E-state index in [-0.39, 0.29) is 5.56 Å². The van der Waals surface area contributed by atoms with Crippen LogP contribution < -0.4 is 20.1 Å². The molecule has 0 amide bonds. The fourth-order valence-corrected chi connectivity index (χ4v) is 9.65. The van der Waals surface area contributed by atoms with Gasteiger partial charge in [0.2, 0.25) is 20.0 Å². The van der Waals surface area contributed by atoms with Gasteiger partial charge in [0.25, 0.3) is 20.2 Å². The fourth-order valence-electron chi connectivity index (χ4n) is 6.94. The maximum Gasteiger partial charge on any atom is 0.294 e. The molecule has 0 radical (unpaired) electrons. The van der Waals surface area contributed by atoms with Crippen LogP contribution in [0.1, 0.15) is 56.0 Å². The predicted octanol–water partition coefficient (Wildman–Crippen LogP) is 7.44. The quantitative estimate of drug-likeness (QED) is 0.0502. The SMILES string of the molecule is Cc1cc(C)c(NS(C)(=O)=O)c(C)c1Nc1ccc(C(c2ccc(Nc3c(C)cc(C)c(NS(C)(=O)=O)c3C)cc2)c2ccc(S(=O)(=O)O)cc2S(=O)(=O)O)cc1. The van der Waals surface area contributed by atoms with Crippen molar-refractivity contribution in [1.82, 2.24) is 0 Å². The van der Waals surface area contributed by atoms with Gasteiger partial charge < -0.3 is 10.6 Å². The molecule has 5 aromatic rings. The minimum atomic E-state index is -5.03. The zero-order valence-electron chi connectivity index (χ0n) is 32.4. The fraction of sp³-hybridized carbons (Fsp3) is 0.231. The van der Waals surface area contributed by atoms with Crippen molar-refractivity contribution in [2.24, 2.45) is 0 Å². The number of sulfonamides is 2. The average molecular weight is 857 g/mol. The summed E-state index contributed by atoms with van der Waals surface area (Å²) in [6.45, 7) is 11.0. The van der Waals surface area contributed by atoms with Gasteiger partial charge in [0.1, 0.15) is 0 Å². The van der Waals surface area contributed by atoms with Crippen LogP contribution in [0.4, 0.5) is 34.1 Å². The summed E-state index contributed by atoms with van der Waals surface area (Å²) >= 11 is 0. The second-order valence-electron chi connectivity index (χ2n) is 14.1. The van der Waals surface area contributed by atoms with Crippen LogP contribution in [-0.2, 0) is 40.3 Å². The maximum atomic E-state index is 12.8. The molecule has 14 nitrogen and oxygen atoms in total. The lowest BCUT2D eigenvalue weighted by Crippen LogP contribution is -2.13. The molecule has 0 bridgehead atoms. The number of hydrogen-bond acceptors (Lipinski definition) is 10. The number of benzene rings is 5. The number of nitrogens with one attached hydrogen (secondary N) is 4. The molecule has 0 atom stereocenters. The highest BCUT2D eigenvalue weighted by molar-refractivity contribution is 7.92. The molecule has 0 aliphatic carbocycles. The van der Waals surface area contributed by atoms with Crippen molar-refractivity contribution in [3.05, 3.63) is 129 Å². The molecule has 5 aromatic carbocycles. The van der Waals surface area contributed by atoms with Crippen LogP contribution in [0, 0.1) is 41.5 Å². The lowest BCUT2D eigenvalue weighted by Gasteiger charge is -2.23. The number of rotatable bonds is 13. The molecule has 0 unspecified atom stereocenters. The lowest BCUT2D eigenvalue weighted by molar-refractivity contribution is 0.480. The Balaban J connectivity index is 1.60. The third-order valence-corrected chi connectivity index (χ3v) is 12.3. The zero-order chi connectivity index (χ0) is 42.4. The number of aryl methyl sites for hydroxylation is 4. The zero-order valence-corrected chi connectivity index (χ0v) is 35.6. The first kappa shape index (κ1) is 43.1. The molecule has 0 aromatic heterocycles. The summed E-state index contributed by atoms with van der Waals surface area (Å²) in [6.07, 6.45) is 2.15. The summed E-state index contributed by atoms with van der Waals surface area (Å²) in [7, 11) is -17.0. The Kier molecular flexibility index (Phi) is 11.9. The minimum Gasteiger partial charge on any atom is -0.355 e. The van der Waals surface area contributed by atoms with E-state index in [2.05, 4.69) is 20.1 Å². The van der Waals surface area contributed by atoms with Gasteiger partial charge in [-0.05, 0) is 128 Å². The highest BCUT2D eigenvalue weighted by Crippen LogP contribution is 2.40. The van der Waals surface area contributed by atoms with Gasteiger partial charge in [0.15, 0.2) is 0 Å². The van der Waals surface area contributed by atoms with Crippen LogP contribution in [0.3, 0.4) is 0 Å². The number of anilines is 6. The highest BCUT2D eigenvalue weighted by atomic mass is 32.2. The summed E-state index contributed by atoms with van der Waals surface area (Å²) in [5.74, 6) is -0.901. The van der Waals surface area contributed by atoms with Gasteiger partial charge in [-0.3, -0.25) is 18.5 Å². The maximum absolute atomic E-state index is 12.8. The van der Waals surface area contributed by atoms with E-state index in [1.54, 1.807) is 76.2 Å². The number of hydrogen-bond donors (Lipinski definition) is 6. The van der Waals surface area contributed by atoms with Crippen LogP contribution in [0.2, 0.25) is 0 Å². The predicted molar refractivity (Wildman–Crippen MR) is 225 cm³/mol. The van der Waals surface area contributed by atoms with Gasteiger partial charge in [0.05, 0.1) is 33.7 Å². The lowest BCUT2D eigenvalue weighted by atomic mass is 9.85. The Morgan fingerprint density at radius 3 is 1.18 bits per heavy atom. The van der Waals surface area contributed by atoms with E-state index < -0.39 is 56.0 Å². The van der Waals surface area contributed by atoms with Gasteiger partial charge in [-0.2, -0.15) is 16.8 Å². The van der Waals surface area contributed by atoms with Crippen LogP contribution in [0.15, 0.2) is 88.7 Å². The summed E-state index contributed by atoms with van der Waals surface area (Å²) in [4.78, 5) is -1.44. The topological polar surface area (TPSA) is 225 Å². The summed E-state index contributed by atoms with van der Waals surface area (Å²) in [5, 5.41) is 6.69. The van der Waals surface area contributed by atoms with E-state index in [0.29, 0.717) is 62.4 Å². The molecular formula is C39H44N4O10S4. The third kappa shape index (κ3) is 10.1.